The van der Waals surface area contributed by atoms with E-state index in [1.807, 2.05) is 4.57 Å². The zero-order chi connectivity index (χ0) is 16.2. The maximum absolute atomic E-state index is 12.2. The largest absolute Gasteiger partial charge is 0.481 e. The molecule has 0 aliphatic heterocycles. The molecule has 7 nitrogen and oxygen atoms in total. The first-order chi connectivity index (χ1) is 11.1. The van der Waals surface area contributed by atoms with E-state index in [-0.39, 0.29) is 12.3 Å². The number of benzene rings is 1. The Morgan fingerprint density at radius 2 is 1.91 bits per heavy atom. The van der Waals surface area contributed by atoms with Gasteiger partial charge in [-0.2, -0.15) is 0 Å². The second kappa shape index (κ2) is 6.60. The van der Waals surface area contributed by atoms with Crippen LogP contribution in [-0.2, 0) is 16.0 Å². The third-order valence-electron chi connectivity index (χ3n) is 4.18. The van der Waals surface area contributed by atoms with Gasteiger partial charge in [-0.15, -0.1) is 10.2 Å². The first-order valence-corrected chi connectivity index (χ1v) is 7.55. The monoisotopic (exact) mass is 314 g/mol. The van der Waals surface area contributed by atoms with Crippen LogP contribution >= 0.6 is 0 Å². The number of nitrogens with zero attached hydrogens (tertiary/aromatic N) is 3. The quantitative estimate of drug-likeness (QED) is 0.848. The van der Waals surface area contributed by atoms with Crippen LogP contribution in [0.25, 0.3) is 0 Å². The molecule has 2 N–H and O–H groups in total. The van der Waals surface area contributed by atoms with Crippen molar-refractivity contribution in [3.05, 3.63) is 42.5 Å². The van der Waals surface area contributed by atoms with Crippen molar-refractivity contribution in [1.82, 2.24) is 14.8 Å². The molecule has 3 rings (SSSR count). The summed E-state index contributed by atoms with van der Waals surface area (Å²) in [4.78, 5) is 23.0. The van der Waals surface area contributed by atoms with Gasteiger partial charge in [-0.3, -0.25) is 9.59 Å². The minimum Gasteiger partial charge on any atom is -0.481 e. The summed E-state index contributed by atoms with van der Waals surface area (Å²) in [5, 5.41) is 19.3. The molecule has 1 aromatic carbocycles. The van der Waals surface area contributed by atoms with Gasteiger partial charge in [0.05, 0.1) is 6.42 Å². The van der Waals surface area contributed by atoms with Crippen LogP contribution in [0.15, 0.2) is 36.9 Å². The number of aromatic nitrogens is 3. The molecular formula is C16H18N4O3. The number of rotatable bonds is 6. The maximum Gasteiger partial charge on any atom is 0.307 e. The molecule has 23 heavy (non-hydrogen) atoms. The fourth-order valence-corrected chi connectivity index (χ4v) is 2.93. The van der Waals surface area contributed by atoms with E-state index in [2.05, 4.69) is 15.5 Å². The van der Waals surface area contributed by atoms with Gasteiger partial charge in [-0.05, 0) is 30.4 Å². The molecule has 0 saturated heterocycles. The lowest BCUT2D eigenvalue weighted by Gasteiger charge is -2.35. The van der Waals surface area contributed by atoms with Gasteiger partial charge in [-0.1, -0.05) is 18.2 Å². The summed E-state index contributed by atoms with van der Waals surface area (Å²) < 4.78 is 1.97. The highest BCUT2D eigenvalue weighted by molar-refractivity contribution is 5.92. The molecule has 7 heteroatoms. The lowest BCUT2D eigenvalue weighted by atomic mass is 9.78. The van der Waals surface area contributed by atoms with Crippen molar-refractivity contribution in [3.8, 4) is 0 Å². The van der Waals surface area contributed by atoms with Crippen LogP contribution in [0.5, 0.6) is 0 Å². The Hall–Kier alpha value is -2.70. The predicted octanol–water partition coefficient (Wildman–Crippen LogP) is 1.89. The van der Waals surface area contributed by atoms with E-state index >= 15 is 0 Å². The number of aliphatic carboxylic acids is 1. The standard InChI is InChI=1S/C16H18N4O3/c21-15(7-11-5-13(6-11)20-9-17-18-10-20)19-14-4-2-1-3-12(14)8-16(22)23/h1-4,9-11,13H,5-8H2,(H,19,21)(H,22,23). The van der Waals surface area contributed by atoms with Gasteiger partial charge in [0.2, 0.25) is 5.91 Å². The molecule has 0 bridgehead atoms. The second-order valence-electron chi connectivity index (χ2n) is 5.88. The van der Waals surface area contributed by atoms with Gasteiger partial charge in [-0.25, -0.2) is 0 Å². The maximum atomic E-state index is 12.2. The average molecular weight is 314 g/mol. The van der Waals surface area contributed by atoms with Gasteiger partial charge >= 0.3 is 5.97 Å². The third-order valence-corrected chi connectivity index (χ3v) is 4.18. The predicted molar refractivity (Wildman–Crippen MR) is 82.8 cm³/mol. The smallest absolute Gasteiger partial charge is 0.307 e. The summed E-state index contributed by atoms with van der Waals surface area (Å²) in [6.45, 7) is 0. The molecule has 1 heterocycles. The zero-order valence-electron chi connectivity index (χ0n) is 12.6. The fourth-order valence-electron chi connectivity index (χ4n) is 2.93. The Labute approximate surface area is 133 Å². The summed E-state index contributed by atoms with van der Waals surface area (Å²) in [5.74, 6) is -0.647. The summed E-state index contributed by atoms with van der Waals surface area (Å²) >= 11 is 0. The summed E-state index contributed by atoms with van der Waals surface area (Å²) in [6, 6.07) is 7.38. The number of hydrogen-bond acceptors (Lipinski definition) is 4. The van der Waals surface area contributed by atoms with E-state index < -0.39 is 5.97 Å². The molecule has 0 unspecified atom stereocenters. The van der Waals surface area contributed by atoms with Gasteiger partial charge in [0.15, 0.2) is 0 Å². The Morgan fingerprint density at radius 1 is 1.22 bits per heavy atom. The second-order valence-corrected chi connectivity index (χ2v) is 5.88. The number of hydrogen-bond donors (Lipinski definition) is 2. The summed E-state index contributed by atoms with van der Waals surface area (Å²) in [6.07, 6.45) is 5.60. The van der Waals surface area contributed by atoms with Crippen molar-refractivity contribution in [2.24, 2.45) is 5.92 Å². The molecule has 0 radical (unpaired) electrons. The van der Waals surface area contributed by atoms with Crippen molar-refractivity contribution >= 4 is 17.6 Å². The Balaban J connectivity index is 1.52. The van der Waals surface area contributed by atoms with Crippen molar-refractivity contribution in [1.29, 1.82) is 0 Å². The van der Waals surface area contributed by atoms with Crippen LogP contribution in [0.4, 0.5) is 5.69 Å². The van der Waals surface area contributed by atoms with E-state index in [9.17, 15) is 9.59 Å². The molecule has 1 aliphatic carbocycles. The van der Waals surface area contributed by atoms with Gasteiger partial charge in [0.1, 0.15) is 12.7 Å². The highest BCUT2D eigenvalue weighted by atomic mass is 16.4. The van der Waals surface area contributed by atoms with E-state index in [0.717, 1.165) is 12.8 Å². The number of nitrogens with one attached hydrogen (secondary N) is 1. The third kappa shape index (κ3) is 3.74. The van der Waals surface area contributed by atoms with Gasteiger partial charge < -0.3 is 15.0 Å². The van der Waals surface area contributed by atoms with Crippen LogP contribution in [-0.4, -0.2) is 31.7 Å². The highest BCUT2D eigenvalue weighted by Crippen LogP contribution is 2.39. The SMILES string of the molecule is O=C(O)Cc1ccccc1NC(=O)CC1CC(n2cnnc2)C1. The van der Waals surface area contributed by atoms with E-state index in [4.69, 9.17) is 5.11 Å². The zero-order valence-corrected chi connectivity index (χ0v) is 12.6. The fraction of sp³-hybridized carbons (Fsp3) is 0.375. The van der Waals surface area contributed by atoms with E-state index in [0.29, 0.717) is 29.6 Å². The summed E-state index contributed by atoms with van der Waals surface area (Å²) in [5.41, 5.74) is 1.19. The molecule has 1 amide bonds. The lowest BCUT2D eigenvalue weighted by molar-refractivity contribution is -0.136. The van der Waals surface area contributed by atoms with E-state index in [1.165, 1.54) is 0 Å². The van der Waals surface area contributed by atoms with Crippen LogP contribution in [0.1, 0.15) is 30.9 Å². The van der Waals surface area contributed by atoms with Gasteiger partial charge in [0.25, 0.3) is 0 Å². The minimum atomic E-state index is -0.914. The molecule has 1 aliphatic rings. The van der Waals surface area contributed by atoms with Crippen molar-refractivity contribution in [2.75, 3.05) is 5.32 Å². The normalized spacial score (nSPS) is 19.8. The molecule has 1 fully saturated rings. The van der Waals surface area contributed by atoms with Crippen molar-refractivity contribution in [2.45, 2.75) is 31.7 Å². The minimum absolute atomic E-state index is 0.0740. The van der Waals surface area contributed by atoms with Crippen LogP contribution < -0.4 is 5.32 Å². The molecule has 120 valence electrons. The molecule has 0 spiro atoms. The molecule has 2 aromatic rings. The number of para-hydroxylation sites is 1. The Bertz CT molecular complexity index is 693. The Morgan fingerprint density at radius 3 is 2.61 bits per heavy atom. The van der Waals surface area contributed by atoms with Gasteiger partial charge in [0, 0.05) is 18.2 Å². The van der Waals surface area contributed by atoms with Crippen LogP contribution in [0.3, 0.4) is 0 Å². The number of amides is 1. The molecule has 1 saturated carbocycles. The molecular weight excluding hydrogens is 296 g/mol. The molecule has 0 atom stereocenters. The number of carbonyl (C=O) groups is 2. The number of carbonyl (C=O) groups excluding carboxylic acids is 1. The average Bonchev–Trinajstić information content (AvgIpc) is 2.97. The highest BCUT2D eigenvalue weighted by Gasteiger charge is 2.31. The first-order valence-electron chi connectivity index (χ1n) is 7.55. The van der Waals surface area contributed by atoms with Crippen molar-refractivity contribution < 1.29 is 14.7 Å². The number of anilines is 1. The first kappa shape index (κ1) is 15.2. The molecule has 1 aromatic heterocycles. The van der Waals surface area contributed by atoms with Crippen LogP contribution in [0.2, 0.25) is 0 Å². The number of carboxylic acids is 1. The van der Waals surface area contributed by atoms with E-state index in [1.54, 1.807) is 36.9 Å². The Kier molecular flexibility index (Phi) is 4.36. The number of carboxylic acid groups (broad SMARTS) is 1. The van der Waals surface area contributed by atoms with Crippen LogP contribution in [0, 0.1) is 5.92 Å². The topological polar surface area (TPSA) is 97.1 Å². The lowest BCUT2D eigenvalue weighted by Crippen LogP contribution is -2.29. The van der Waals surface area contributed by atoms with Crippen molar-refractivity contribution in [3.63, 3.8) is 0 Å². The summed E-state index contributed by atoms with van der Waals surface area (Å²) in [7, 11) is 0.